The minimum Gasteiger partial charge on any atom is -0.349 e. The summed E-state index contributed by atoms with van der Waals surface area (Å²) in [7, 11) is -4.08. The van der Waals surface area contributed by atoms with Crippen LogP contribution in [0.2, 0.25) is 0 Å². The third-order valence-corrected chi connectivity index (χ3v) is 10.9. The van der Waals surface area contributed by atoms with Crippen molar-refractivity contribution in [3.05, 3.63) is 29.5 Å². The highest BCUT2D eigenvalue weighted by atomic mass is 32.2. The van der Waals surface area contributed by atoms with Crippen LogP contribution >= 0.6 is 11.3 Å². The monoisotopic (exact) mass is 627 g/mol. The van der Waals surface area contributed by atoms with E-state index in [-0.39, 0.29) is 33.9 Å². The fourth-order valence-electron chi connectivity index (χ4n) is 6.15. The fraction of sp³-hybridized carbons (Fsp3) is 0.481. The van der Waals surface area contributed by atoms with E-state index >= 15 is 0 Å². The van der Waals surface area contributed by atoms with Gasteiger partial charge in [0.25, 0.3) is 6.43 Å². The summed E-state index contributed by atoms with van der Waals surface area (Å²) in [6, 6.07) is 6.60. The van der Waals surface area contributed by atoms with Gasteiger partial charge in [-0.05, 0) is 37.8 Å². The van der Waals surface area contributed by atoms with Crippen LogP contribution in [0.3, 0.4) is 0 Å². The van der Waals surface area contributed by atoms with Crippen LogP contribution in [0.25, 0.3) is 27.1 Å². The first-order chi connectivity index (χ1) is 20.5. The number of amides is 1. The molecule has 1 aromatic carbocycles. The second-order valence-corrected chi connectivity index (χ2v) is 14.3. The maximum absolute atomic E-state index is 13.5. The van der Waals surface area contributed by atoms with Crippen molar-refractivity contribution in [3.8, 4) is 11.2 Å². The van der Waals surface area contributed by atoms with Crippen molar-refractivity contribution < 1.29 is 22.0 Å². The summed E-state index contributed by atoms with van der Waals surface area (Å²) < 4.78 is 57.7. The Labute approximate surface area is 249 Å². The topological polar surface area (TPSA) is 150 Å². The highest BCUT2D eigenvalue weighted by Crippen LogP contribution is 2.42. The molecule has 3 aromatic heterocycles. The number of benzene rings is 1. The summed E-state index contributed by atoms with van der Waals surface area (Å²) in [5, 5.41) is 18.0. The van der Waals surface area contributed by atoms with Crippen molar-refractivity contribution in [2.75, 3.05) is 18.0 Å². The third kappa shape index (κ3) is 4.52. The Balaban J connectivity index is 1.39. The fourth-order valence-corrected chi connectivity index (χ4v) is 8.26. The Morgan fingerprint density at radius 2 is 1.93 bits per heavy atom. The first-order valence-corrected chi connectivity index (χ1v) is 16.3. The number of hydrogen-bond donors (Lipinski definition) is 1. The predicted octanol–water partition coefficient (Wildman–Crippen LogP) is 3.53. The van der Waals surface area contributed by atoms with Gasteiger partial charge in [0, 0.05) is 36.5 Å². The molecule has 43 heavy (non-hydrogen) atoms. The van der Waals surface area contributed by atoms with Crippen LogP contribution in [-0.4, -0.2) is 74.7 Å². The number of alkyl halides is 2. The molecule has 224 valence electrons. The molecule has 2 atom stereocenters. The number of carbonyl (C=O) groups is 1. The van der Waals surface area contributed by atoms with Crippen LogP contribution in [0, 0.1) is 17.2 Å². The molecule has 6 heterocycles. The average Bonchev–Trinajstić information content (AvgIpc) is 3.43. The second kappa shape index (κ2) is 9.86. The van der Waals surface area contributed by atoms with Crippen LogP contribution in [0.5, 0.6) is 0 Å². The molecule has 4 aromatic rings. The summed E-state index contributed by atoms with van der Waals surface area (Å²) in [5.74, 6) is 0.634. The van der Waals surface area contributed by atoms with Gasteiger partial charge in [0.1, 0.15) is 17.7 Å². The third-order valence-electron chi connectivity index (χ3n) is 8.49. The molecule has 3 saturated heterocycles. The van der Waals surface area contributed by atoms with Gasteiger partial charge in [0.15, 0.2) is 10.7 Å². The van der Waals surface area contributed by atoms with Crippen molar-refractivity contribution in [1.29, 1.82) is 5.26 Å². The Bertz CT molecular complexity index is 1930. The van der Waals surface area contributed by atoms with Crippen LogP contribution in [0.15, 0.2) is 29.4 Å². The summed E-state index contributed by atoms with van der Waals surface area (Å²) in [5.41, 5.74) is -0.382. The van der Waals surface area contributed by atoms with Crippen molar-refractivity contribution in [1.82, 2.24) is 34.4 Å². The van der Waals surface area contributed by atoms with Crippen molar-refractivity contribution in [2.24, 2.45) is 5.92 Å². The number of carbonyl (C=O) groups excluding carboxylic acids is 1. The summed E-state index contributed by atoms with van der Waals surface area (Å²) >= 11 is 0.690. The molecule has 1 N–H and O–H groups in total. The predicted molar refractivity (Wildman–Crippen MR) is 153 cm³/mol. The van der Waals surface area contributed by atoms with Crippen LogP contribution < -0.4 is 9.62 Å². The number of hydrogen-bond acceptors (Lipinski definition) is 10. The molecular formula is C27H27F2N9O3S2. The van der Waals surface area contributed by atoms with Gasteiger partial charge in [-0.3, -0.25) is 9.36 Å². The summed E-state index contributed by atoms with van der Waals surface area (Å²) in [4.78, 5) is 26.1. The standard InChI is InChI=1S/C27H27F2N9O3S2/c1-14(2)25(39)37-11-15-3-4-16(37)10-36(15)22-20-18-6-5-17(43(40,41)35-27(12-30)7-8-27)9-19(18)38(23(20)32-13-31-22)26-34-33-24(42-26)21(28)29/h5-6,9,13-16,21,35H,3-4,7-8,10-11H2,1-2H3/t15?,16-/m1/s1. The smallest absolute Gasteiger partial charge is 0.291 e. The molecule has 0 radical (unpaired) electrons. The van der Waals surface area contributed by atoms with E-state index < -0.39 is 27.0 Å². The van der Waals surface area contributed by atoms with E-state index in [4.69, 9.17) is 0 Å². The number of halogens is 2. The molecule has 2 bridgehead atoms. The Morgan fingerprint density at radius 1 is 1.16 bits per heavy atom. The minimum atomic E-state index is -4.08. The molecule has 8 rings (SSSR count). The maximum Gasteiger partial charge on any atom is 0.291 e. The van der Waals surface area contributed by atoms with Gasteiger partial charge in [-0.25, -0.2) is 27.2 Å². The zero-order valence-electron chi connectivity index (χ0n) is 23.2. The number of anilines is 1. The number of nitriles is 1. The van der Waals surface area contributed by atoms with Gasteiger partial charge in [-0.15, -0.1) is 10.2 Å². The van der Waals surface area contributed by atoms with Gasteiger partial charge in [-0.2, -0.15) is 9.98 Å². The zero-order valence-corrected chi connectivity index (χ0v) is 24.9. The SMILES string of the molecule is CC(C)C(=O)N1CC2CC[C@@H]1CN2c1ncnc2c1c1ccc(S(=O)(=O)NC3(C#N)CC3)cc1n2-c1nnc(C(F)F)s1. The van der Waals surface area contributed by atoms with E-state index in [1.54, 1.807) is 6.07 Å². The molecule has 3 aliphatic heterocycles. The number of nitrogens with one attached hydrogen (secondary N) is 1. The van der Waals surface area contributed by atoms with Crippen LogP contribution in [-0.2, 0) is 14.8 Å². The highest BCUT2D eigenvalue weighted by molar-refractivity contribution is 7.89. The normalized spacial score (nSPS) is 21.3. The molecule has 1 aliphatic carbocycles. The van der Waals surface area contributed by atoms with E-state index in [0.717, 1.165) is 12.8 Å². The molecule has 4 fully saturated rings. The molecule has 1 unspecified atom stereocenters. The van der Waals surface area contributed by atoms with E-state index in [0.29, 0.717) is 65.0 Å². The lowest BCUT2D eigenvalue weighted by Gasteiger charge is -2.52. The Hall–Kier alpha value is -3.81. The number of piperidine rings is 2. The molecule has 0 spiro atoms. The first-order valence-electron chi connectivity index (χ1n) is 14.0. The van der Waals surface area contributed by atoms with Gasteiger partial charge < -0.3 is 9.80 Å². The van der Waals surface area contributed by atoms with Crippen molar-refractivity contribution >= 4 is 55.0 Å². The molecule has 12 nitrogen and oxygen atoms in total. The van der Waals surface area contributed by atoms with Crippen LogP contribution in [0.4, 0.5) is 14.6 Å². The van der Waals surface area contributed by atoms with Gasteiger partial charge in [0.2, 0.25) is 21.1 Å². The largest absolute Gasteiger partial charge is 0.349 e. The van der Waals surface area contributed by atoms with Gasteiger partial charge >= 0.3 is 0 Å². The van der Waals surface area contributed by atoms with Gasteiger partial charge in [0.05, 0.1) is 21.9 Å². The minimum absolute atomic E-state index is 0.0146. The number of sulfonamides is 1. The van der Waals surface area contributed by atoms with Crippen molar-refractivity contribution in [2.45, 2.75) is 68.5 Å². The molecule has 1 saturated carbocycles. The Morgan fingerprint density at radius 3 is 2.56 bits per heavy atom. The van der Waals surface area contributed by atoms with E-state index in [1.807, 2.05) is 24.8 Å². The lowest BCUT2D eigenvalue weighted by atomic mass is 9.89. The number of rotatable bonds is 7. The summed E-state index contributed by atoms with van der Waals surface area (Å²) in [6.07, 6.45) is 1.16. The quantitative estimate of drug-likeness (QED) is 0.325. The number of fused-ring (bicyclic) bond motifs is 6. The van der Waals surface area contributed by atoms with Crippen LogP contribution in [0.1, 0.15) is 51.0 Å². The highest BCUT2D eigenvalue weighted by Gasteiger charge is 2.47. The molecule has 4 aliphatic rings. The average molecular weight is 628 g/mol. The van der Waals surface area contributed by atoms with E-state index in [9.17, 15) is 27.3 Å². The van der Waals surface area contributed by atoms with E-state index in [1.165, 1.54) is 23.0 Å². The first kappa shape index (κ1) is 28.0. The zero-order chi connectivity index (χ0) is 30.3. The Kier molecular flexibility index (Phi) is 6.42. The number of piperazine rings is 1. The molecule has 1 amide bonds. The van der Waals surface area contributed by atoms with E-state index in [2.05, 4.69) is 29.8 Å². The lowest BCUT2D eigenvalue weighted by Crippen LogP contribution is -2.64. The second-order valence-electron chi connectivity index (χ2n) is 11.6. The number of nitrogens with zero attached hydrogens (tertiary/aromatic N) is 8. The van der Waals surface area contributed by atoms with Gasteiger partial charge in [-0.1, -0.05) is 31.3 Å². The maximum atomic E-state index is 13.5. The molecule has 16 heteroatoms. The molecular weight excluding hydrogens is 600 g/mol. The number of aromatic nitrogens is 5. The lowest BCUT2D eigenvalue weighted by molar-refractivity contribution is -0.139. The summed E-state index contributed by atoms with van der Waals surface area (Å²) in [6.45, 7) is 4.93. The van der Waals surface area contributed by atoms with Crippen molar-refractivity contribution in [3.63, 3.8) is 0 Å².